The van der Waals surface area contributed by atoms with Gasteiger partial charge in [-0.05, 0) is 12.1 Å². The number of hydrogen-bond donors (Lipinski definition) is 0. The molecule has 0 saturated carbocycles. The van der Waals surface area contributed by atoms with E-state index in [1.165, 1.54) is 0 Å². The SMILES string of the molecule is c1ccc(OCOCOc2ccccn2)nc1. The third-order valence-electron chi connectivity index (χ3n) is 1.86. The van der Waals surface area contributed by atoms with Gasteiger partial charge in [-0.1, -0.05) is 12.1 Å². The molecule has 0 atom stereocenters. The van der Waals surface area contributed by atoms with Crippen LogP contribution in [0.5, 0.6) is 11.8 Å². The fourth-order valence-corrected chi connectivity index (χ4v) is 1.10. The van der Waals surface area contributed by atoms with Crippen LogP contribution in [-0.2, 0) is 4.74 Å². The molecule has 0 aliphatic rings. The number of nitrogens with zero attached hydrogens (tertiary/aromatic N) is 2. The molecule has 0 unspecified atom stereocenters. The van der Waals surface area contributed by atoms with Crippen molar-refractivity contribution < 1.29 is 14.2 Å². The number of ether oxygens (including phenoxy) is 3. The van der Waals surface area contributed by atoms with E-state index in [-0.39, 0.29) is 13.6 Å². The Morgan fingerprint density at radius 3 is 1.71 bits per heavy atom. The molecule has 0 spiro atoms. The molecular weight excluding hydrogens is 220 g/mol. The van der Waals surface area contributed by atoms with Crippen molar-refractivity contribution >= 4 is 0 Å². The van der Waals surface area contributed by atoms with E-state index in [0.717, 1.165) is 0 Å². The molecule has 0 aliphatic carbocycles. The Balaban J connectivity index is 1.61. The number of pyridine rings is 2. The van der Waals surface area contributed by atoms with Crippen molar-refractivity contribution in [3.05, 3.63) is 48.8 Å². The van der Waals surface area contributed by atoms with Gasteiger partial charge >= 0.3 is 0 Å². The lowest BCUT2D eigenvalue weighted by Gasteiger charge is -2.07. The summed E-state index contributed by atoms with van der Waals surface area (Å²) >= 11 is 0. The van der Waals surface area contributed by atoms with Gasteiger partial charge < -0.3 is 14.2 Å². The van der Waals surface area contributed by atoms with Crippen molar-refractivity contribution in [2.45, 2.75) is 0 Å². The van der Waals surface area contributed by atoms with Crippen molar-refractivity contribution in [2.75, 3.05) is 13.6 Å². The Morgan fingerprint density at radius 1 is 0.765 bits per heavy atom. The molecule has 0 fully saturated rings. The Bertz CT molecular complexity index is 381. The highest BCUT2D eigenvalue weighted by atomic mass is 16.7. The molecule has 2 rings (SSSR count). The first-order valence-corrected chi connectivity index (χ1v) is 5.10. The van der Waals surface area contributed by atoms with Crippen LogP contribution in [0, 0.1) is 0 Å². The quantitative estimate of drug-likeness (QED) is 0.562. The molecule has 0 saturated heterocycles. The Morgan fingerprint density at radius 2 is 1.29 bits per heavy atom. The Kier molecular flexibility index (Phi) is 4.30. The summed E-state index contributed by atoms with van der Waals surface area (Å²) in [6, 6.07) is 10.8. The Hall–Kier alpha value is -2.14. The summed E-state index contributed by atoms with van der Waals surface area (Å²) < 4.78 is 15.5. The van der Waals surface area contributed by atoms with Crippen LogP contribution in [0.1, 0.15) is 0 Å². The fourth-order valence-electron chi connectivity index (χ4n) is 1.10. The number of rotatable bonds is 6. The molecule has 0 bridgehead atoms. The molecule has 2 heterocycles. The third kappa shape index (κ3) is 4.08. The molecule has 0 amide bonds. The van der Waals surface area contributed by atoms with Crippen molar-refractivity contribution in [1.82, 2.24) is 9.97 Å². The molecule has 0 aliphatic heterocycles. The second-order valence-electron chi connectivity index (χ2n) is 3.06. The number of aromatic nitrogens is 2. The number of hydrogen-bond acceptors (Lipinski definition) is 5. The molecular formula is C12H12N2O3. The summed E-state index contributed by atoms with van der Waals surface area (Å²) in [6.07, 6.45) is 3.31. The van der Waals surface area contributed by atoms with Crippen molar-refractivity contribution in [3.8, 4) is 11.8 Å². The molecule has 5 nitrogen and oxygen atoms in total. The van der Waals surface area contributed by atoms with Crippen molar-refractivity contribution in [3.63, 3.8) is 0 Å². The first kappa shape index (κ1) is 11.3. The van der Waals surface area contributed by atoms with E-state index in [4.69, 9.17) is 14.2 Å². The lowest BCUT2D eigenvalue weighted by atomic mass is 10.5. The Labute approximate surface area is 99.0 Å². The molecule has 5 heteroatoms. The molecule has 2 aromatic heterocycles. The van der Waals surface area contributed by atoms with E-state index < -0.39 is 0 Å². The van der Waals surface area contributed by atoms with Gasteiger partial charge in [0.25, 0.3) is 0 Å². The van der Waals surface area contributed by atoms with E-state index >= 15 is 0 Å². The van der Waals surface area contributed by atoms with Gasteiger partial charge in [0.15, 0.2) is 13.6 Å². The van der Waals surface area contributed by atoms with Gasteiger partial charge in [-0.25, -0.2) is 9.97 Å². The predicted molar refractivity (Wildman–Crippen MR) is 60.5 cm³/mol. The summed E-state index contributed by atoms with van der Waals surface area (Å²) in [5, 5.41) is 0. The van der Waals surface area contributed by atoms with Gasteiger partial charge in [0.05, 0.1) is 0 Å². The first-order chi connectivity index (χ1) is 8.45. The van der Waals surface area contributed by atoms with Crippen LogP contribution in [0.25, 0.3) is 0 Å². The van der Waals surface area contributed by atoms with Gasteiger partial charge in [-0.15, -0.1) is 0 Å². The molecule has 0 aromatic carbocycles. The second-order valence-corrected chi connectivity index (χ2v) is 3.06. The van der Waals surface area contributed by atoms with E-state index in [0.29, 0.717) is 11.8 Å². The van der Waals surface area contributed by atoms with Gasteiger partial charge in [0.1, 0.15) is 0 Å². The summed E-state index contributed by atoms with van der Waals surface area (Å²) in [4.78, 5) is 7.96. The zero-order valence-corrected chi connectivity index (χ0v) is 9.15. The zero-order valence-electron chi connectivity index (χ0n) is 9.15. The largest absolute Gasteiger partial charge is 0.450 e. The van der Waals surface area contributed by atoms with Crippen LogP contribution in [0.2, 0.25) is 0 Å². The predicted octanol–water partition coefficient (Wildman–Crippen LogP) is 1.87. The maximum absolute atomic E-state index is 5.21. The standard InChI is InChI=1S/C12H12N2O3/c1-3-7-13-11(5-1)16-9-15-10-17-12-6-2-4-8-14-12/h1-8H,9-10H2. The van der Waals surface area contributed by atoms with E-state index in [2.05, 4.69) is 9.97 Å². The highest BCUT2D eigenvalue weighted by molar-refractivity contribution is 5.09. The van der Waals surface area contributed by atoms with E-state index in [1.807, 2.05) is 24.3 Å². The maximum atomic E-state index is 5.21. The average Bonchev–Trinajstić information content (AvgIpc) is 2.41. The zero-order chi connectivity index (χ0) is 11.8. The minimum Gasteiger partial charge on any atom is -0.450 e. The van der Waals surface area contributed by atoms with Crippen LogP contribution in [0.4, 0.5) is 0 Å². The highest BCUT2D eigenvalue weighted by Gasteiger charge is 1.94. The van der Waals surface area contributed by atoms with Crippen molar-refractivity contribution in [2.24, 2.45) is 0 Å². The first-order valence-electron chi connectivity index (χ1n) is 5.10. The molecule has 2 aromatic rings. The normalized spacial score (nSPS) is 9.88. The minimum absolute atomic E-state index is 0.0871. The fraction of sp³-hybridized carbons (Fsp3) is 0.167. The maximum Gasteiger partial charge on any atom is 0.215 e. The molecule has 88 valence electrons. The van der Waals surface area contributed by atoms with Crippen LogP contribution in [-0.4, -0.2) is 23.6 Å². The third-order valence-corrected chi connectivity index (χ3v) is 1.86. The summed E-state index contributed by atoms with van der Waals surface area (Å²) in [5.74, 6) is 1.04. The molecule has 0 N–H and O–H groups in total. The molecule has 0 radical (unpaired) electrons. The highest BCUT2D eigenvalue weighted by Crippen LogP contribution is 2.04. The summed E-state index contributed by atoms with van der Waals surface area (Å²) in [5.41, 5.74) is 0. The second kappa shape index (κ2) is 6.44. The van der Waals surface area contributed by atoms with Crippen LogP contribution in [0.3, 0.4) is 0 Å². The topological polar surface area (TPSA) is 53.5 Å². The smallest absolute Gasteiger partial charge is 0.215 e. The van der Waals surface area contributed by atoms with Crippen LogP contribution >= 0.6 is 0 Å². The lowest BCUT2D eigenvalue weighted by molar-refractivity contribution is -0.0566. The van der Waals surface area contributed by atoms with Gasteiger partial charge in [-0.3, -0.25) is 0 Å². The van der Waals surface area contributed by atoms with Crippen molar-refractivity contribution in [1.29, 1.82) is 0 Å². The van der Waals surface area contributed by atoms with Gasteiger partial charge in [0, 0.05) is 24.5 Å². The van der Waals surface area contributed by atoms with Gasteiger partial charge in [0.2, 0.25) is 11.8 Å². The van der Waals surface area contributed by atoms with E-state index in [1.54, 1.807) is 24.5 Å². The minimum atomic E-state index is 0.0871. The average molecular weight is 232 g/mol. The summed E-state index contributed by atoms with van der Waals surface area (Å²) in [6.45, 7) is 0.174. The molecule has 17 heavy (non-hydrogen) atoms. The lowest BCUT2D eigenvalue weighted by Crippen LogP contribution is -2.09. The van der Waals surface area contributed by atoms with Crippen LogP contribution < -0.4 is 9.47 Å². The van der Waals surface area contributed by atoms with E-state index in [9.17, 15) is 0 Å². The summed E-state index contributed by atoms with van der Waals surface area (Å²) in [7, 11) is 0. The van der Waals surface area contributed by atoms with Crippen LogP contribution in [0.15, 0.2) is 48.8 Å². The monoisotopic (exact) mass is 232 g/mol. The van der Waals surface area contributed by atoms with Gasteiger partial charge in [-0.2, -0.15) is 0 Å².